The van der Waals surface area contributed by atoms with Crippen molar-refractivity contribution in [2.24, 2.45) is 0 Å². The van der Waals surface area contributed by atoms with Crippen LogP contribution in [0.15, 0.2) is 0 Å². The number of ether oxygens (including phenoxy) is 1. The highest BCUT2D eigenvalue weighted by molar-refractivity contribution is 5.29. The van der Waals surface area contributed by atoms with Gasteiger partial charge in [-0.2, -0.15) is 0 Å². The van der Waals surface area contributed by atoms with Gasteiger partial charge in [0.15, 0.2) is 23.3 Å². The first-order chi connectivity index (χ1) is 7.54. The average Bonchev–Trinajstić information content (AvgIpc) is 2.27. The maximum atomic E-state index is 13.2. The Morgan fingerprint density at radius 3 is 1.75 bits per heavy atom. The molecule has 16 heavy (non-hydrogen) atoms. The minimum atomic E-state index is -1.59. The van der Waals surface area contributed by atoms with E-state index in [-0.39, 0.29) is 6.61 Å². The Hall–Kier alpha value is -1.14. The summed E-state index contributed by atoms with van der Waals surface area (Å²) >= 11 is 0. The highest BCUT2D eigenvalue weighted by atomic mass is 19.2. The number of benzene rings is 1. The standard InChI is InChI=1S/C10H10F4O2/c1-2-16-4-6-9(13)7(11)5(3-15)8(12)10(6)14/h15H,2-4H2,1H3. The molecule has 0 aliphatic heterocycles. The van der Waals surface area contributed by atoms with Gasteiger partial charge in [0.2, 0.25) is 0 Å². The molecule has 6 heteroatoms. The summed E-state index contributed by atoms with van der Waals surface area (Å²) in [4.78, 5) is 0. The molecule has 0 unspecified atom stereocenters. The lowest BCUT2D eigenvalue weighted by Crippen LogP contribution is -2.10. The summed E-state index contributed by atoms with van der Waals surface area (Å²) in [6.07, 6.45) is 0. The summed E-state index contributed by atoms with van der Waals surface area (Å²) in [5.74, 6) is -6.24. The number of hydrogen-bond donors (Lipinski definition) is 1. The Morgan fingerprint density at radius 2 is 1.38 bits per heavy atom. The Morgan fingerprint density at radius 1 is 0.938 bits per heavy atom. The second-order valence-corrected chi connectivity index (χ2v) is 3.01. The Labute approximate surface area is 89.5 Å². The molecule has 0 aliphatic carbocycles. The third-order valence-corrected chi connectivity index (χ3v) is 2.05. The third kappa shape index (κ3) is 2.17. The molecule has 0 bridgehead atoms. The summed E-state index contributed by atoms with van der Waals surface area (Å²) in [6.45, 7) is 0.0582. The van der Waals surface area contributed by atoms with Crippen molar-refractivity contribution in [3.63, 3.8) is 0 Å². The molecule has 2 nitrogen and oxygen atoms in total. The van der Waals surface area contributed by atoms with Gasteiger partial charge in [-0.15, -0.1) is 0 Å². The van der Waals surface area contributed by atoms with Crippen LogP contribution in [0.2, 0.25) is 0 Å². The Balaban J connectivity index is 3.29. The van der Waals surface area contributed by atoms with Crippen molar-refractivity contribution in [1.82, 2.24) is 0 Å². The predicted molar refractivity (Wildman–Crippen MR) is 47.5 cm³/mol. The molecule has 1 N–H and O–H groups in total. The van der Waals surface area contributed by atoms with E-state index in [1.54, 1.807) is 6.92 Å². The predicted octanol–water partition coefficient (Wildman–Crippen LogP) is 2.27. The SMILES string of the molecule is CCOCc1c(F)c(F)c(CO)c(F)c1F. The van der Waals surface area contributed by atoms with Crippen LogP contribution in [0.3, 0.4) is 0 Å². The molecule has 1 rings (SSSR count). The molecule has 0 fully saturated rings. The normalized spacial score (nSPS) is 10.9. The largest absolute Gasteiger partial charge is 0.391 e. The molecule has 0 saturated carbocycles. The lowest BCUT2D eigenvalue weighted by Gasteiger charge is -2.10. The fraction of sp³-hybridized carbons (Fsp3) is 0.400. The number of aliphatic hydroxyl groups is 1. The number of rotatable bonds is 4. The second-order valence-electron chi connectivity index (χ2n) is 3.01. The summed E-state index contributed by atoms with van der Waals surface area (Å²) < 4.78 is 57.4. The molecule has 0 radical (unpaired) electrons. The van der Waals surface area contributed by atoms with Crippen molar-refractivity contribution in [3.8, 4) is 0 Å². The molecule has 0 aliphatic rings. The Bertz CT molecular complexity index is 364. The van der Waals surface area contributed by atoms with E-state index in [4.69, 9.17) is 5.11 Å². The van der Waals surface area contributed by atoms with Crippen molar-refractivity contribution in [1.29, 1.82) is 0 Å². The molecule has 90 valence electrons. The molecule has 1 aromatic carbocycles. The van der Waals surface area contributed by atoms with Crippen molar-refractivity contribution in [2.75, 3.05) is 6.61 Å². The van der Waals surface area contributed by atoms with Crippen molar-refractivity contribution in [3.05, 3.63) is 34.4 Å². The van der Waals surface area contributed by atoms with Crippen LogP contribution >= 0.6 is 0 Å². The average molecular weight is 238 g/mol. The molecule has 1 aromatic rings. The zero-order valence-electron chi connectivity index (χ0n) is 8.49. The first-order valence-corrected chi connectivity index (χ1v) is 4.56. The van der Waals surface area contributed by atoms with Crippen LogP contribution in [-0.4, -0.2) is 11.7 Å². The second kappa shape index (κ2) is 5.27. The van der Waals surface area contributed by atoms with Crippen LogP contribution < -0.4 is 0 Å². The molecular weight excluding hydrogens is 228 g/mol. The molecule has 0 amide bonds. The zero-order chi connectivity index (χ0) is 12.3. The van der Waals surface area contributed by atoms with Crippen molar-refractivity contribution < 1.29 is 27.4 Å². The van der Waals surface area contributed by atoms with Gasteiger partial charge in [0.05, 0.1) is 24.3 Å². The smallest absolute Gasteiger partial charge is 0.167 e. The van der Waals surface area contributed by atoms with E-state index in [1.807, 2.05) is 0 Å². The summed E-state index contributed by atoms with van der Waals surface area (Å²) in [7, 11) is 0. The van der Waals surface area contributed by atoms with Crippen LogP contribution in [-0.2, 0) is 18.0 Å². The maximum Gasteiger partial charge on any atom is 0.167 e. The summed E-state index contributed by atoms with van der Waals surface area (Å²) in [5.41, 5.74) is -1.83. The van der Waals surface area contributed by atoms with E-state index in [0.29, 0.717) is 0 Å². The van der Waals surface area contributed by atoms with E-state index in [9.17, 15) is 17.6 Å². The van der Waals surface area contributed by atoms with Crippen LogP contribution in [0, 0.1) is 23.3 Å². The van der Waals surface area contributed by atoms with Gasteiger partial charge in [-0.25, -0.2) is 17.6 Å². The number of hydrogen-bond acceptors (Lipinski definition) is 2. The van der Waals surface area contributed by atoms with Gasteiger partial charge in [-0.3, -0.25) is 0 Å². The third-order valence-electron chi connectivity index (χ3n) is 2.05. The van der Waals surface area contributed by atoms with Gasteiger partial charge in [-0.1, -0.05) is 0 Å². The first kappa shape index (κ1) is 12.9. The van der Waals surface area contributed by atoms with Gasteiger partial charge in [-0.05, 0) is 6.92 Å². The van der Waals surface area contributed by atoms with E-state index < -0.39 is 47.6 Å². The highest BCUT2D eigenvalue weighted by Crippen LogP contribution is 2.24. The van der Waals surface area contributed by atoms with Crippen LogP contribution in [0.1, 0.15) is 18.1 Å². The molecule has 0 saturated heterocycles. The fourth-order valence-electron chi connectivity index (χ4n) is 1.19. The topological polar surface area (TPSA) is 29.5 Å². The highest BCUT2D eigenvalue weighted by Gasteiger charge is 2.24. The summed E-state index contributed by atoms with van der Waals surface area (Å²) in [5, 5.41) is 8.57. The molecule has 0 atom stereocenters. The van der Waals surface area contributed by atoms with E-state index >= 15 is 0 Å². The van der Waals surface area contributed by atoms with Gasteiger partial charge in [0.1, 0.15) is 0 Å². The first-order valence-electron chi connectivity index (χ1n) is 4.56. The van der Waals surface area contributed by atoms with Crippen LogP contribution in [0.25, 0.3) is 0 Å². The fourth-order valence-corrected chi connectivity index (χ4v) is 1.19. The van der Waals surface area contributed by atoms with Crippen molar-refractivity contribution >= 4 is 0 Å². The van der Waals surface area contributed by atoms with Crippen LogP contribution in [0.4, 0.5) is 17.6 Å². The number of aliphatic hydroxyl groups excluding tert-OH is 1. The summed E-state index contributed by atoms with van der Waals surface area (Å²) in [6, 6.07) is 0. The van der Waals surface area contributed by atoms with E-state index in [2.05, 4.69) is 4.74 Å². The van der Waals surface area contributed by atoms with Gasteiger partial charge >= 0.3 is 0 Å². The lowest BCUT2D eigenvalue weighted by molar-refractivity contribution is 0.126. The zero-order valence-corrected chi connectivity index (χ0v) is 8.49. The van der Waals surface area contributed by atoms with E-state index in [1.165, 1.54) is 0 Å². The Kier molecular flexibility index (Phi) is 4.26. The van der Waals surface area contributed by atoms with E-state index in [0.717, 1.165) is 0 Å². The maximum absolute atomic E-state index is 13.2. The lowest BCUT2D eigenvalue weighted by atomic mass is 10.1. The molecule has 0 aromatic heterocycles. The molecular formula is C10H10F4O2. The minimum Gasteiger partial charge on any atom is -0.391 e. The molecule has 0 spiro atoms. The quantitative estimate of drug-likeness (QED) is 0.644. The molecule has 0 heterocycles. The number of halogens is 4. The van der Waals surface area contributed by atoms with Crippen molar-refractivity contribution in [2.45, 2.75) is 20.1 Å². The van der Waals surface area contributed by atoms with Crippen LogP contribution in [0.5, 0.6) is 0 Å². The van der Waals surface area contributed by atoms with Gasteiger partial charge in [0.25, 0.3) is 0 Å². The van der Waals surface area contributed by atoms with Gasteiger partial charge < -0.3 is 9.84 Å². The van der Waals surface area contributed by atoms with Gasteiger partial charge in [0, 0.05) is 6.61 Å². The monoisotopic (exact) mass is 238 g/mol. The minimum absolute atomic E-state index is 0.157.